The van der Waals surface area contributed by atoms with Crippen LogP contribution in [0, 0.1) is 0 Å². The van der Waals surface area contributed by atoms with Crippen LogP contribution in [-0.4, -0.2) is 66.1 Å². The zero-order valence-electron chi connectivity index (χ0n) is 13.4. The predicted octanol–water partition coefficient (Wildman–Crippen LogP) is 0.700. The number of likely N-dealkylation sites (tertiary alicyclic amines) is 1. The smallest absolute Gasteiger partial charge is 0.410 e. The fraction of sp³-hybridized carbons (Fsp3) is 0.933. The molecule has 21 heavy (non-hydrogen) atoms. The molecule has 1 unspecified atom stereocenters. The molecule has 0 aromatic rings. The number of hydrogen-bond donors (Lipinski definition) is 3. The Balaban J connectivity index is 1.74. The first-order valence-electron chi connectivity index (χ1n) is 7.92. The normalized spacial score (nSPS) is 25.9. The average molecular weight is 299 g/mol. The fourth-order valence-corrected chi connectivity index (χ4v) is 2.77. The van der Waals surface area contributed by atoms with Gasteiger partial charge in [0, 0.05) is 32.2 Å². The van der Waals surface area contributed by atoms with Gasteiger partial charge in [-0.2, -0.15) is 0 Å². The number of carbonyl (C=O) groups excluding carboxylic acids is 1. The zero-order valence-corrected chi connectivity index (χ0v) is 13.4. The van der Waals surface area contributed by atoms with Gasteiger partial charge in [-0.3, -0.25) is 0 Å². The van der Waals surface area contributed by atoms with Crippen molar-refractivity contribution in [2.45, 2.75) is 57.3 Å². The molecule has 0 aliphatic carbocycles. The van der Waals surface area contributed by atoms with E-state index in [1.807, 2.05) is 20.8 Å². The molecule has 0 saturated carbocycles. The Hall–Kier alpha value is -0.850. The van der Waals surface area contributed by atoms with Crippen molar-refractivity contribution in [1.29, 1.82) is 0 Å². The van der Waals surface area contributed by atoms with Crippen molar-refractivity contribution < 1.29 is 14.6 Å². The molecule has 6 nitrogen and oxygen atoms in total. The minimum absolute atomic E-state index is 0.280. The van der Waals surface area contributed by atoms with Gasteiger partial charge in [0.25, 0.3) is 0 Å². The van der Waals surface area contributed by atoms with Gasteiger partial charge in [-0.05, 0) is 46.6 Å². The van der Waals surface area contributed by atoms with Gasteiger partial charge in [-0.15, -0.1) is 0 Å². The van der Waals surface area contributed by atoms with Crippen molar-refractivity contribution in [2.75, 3.05) is 32.7 Å². The number of nitrogens with one attached hydrogen (secondary N) is 2. The number of piperidine rings is 1. The highest BCUT2D eigenvalue weighted by molar-refractivity contribution is 5.68. The molecule has 2 heterocycles. The summed E-state index contributed by atoms with van der Waals surface area (Å²) in [6, 6.07) is 0.456. The van der Waals surface area contributed by atoms with Gasteiger partial charge in [0.2, 0.25) is 0 Å². The Labute approximate surface area is 127 Å². The van der Waals surface area contributed by atoms with Crippen molar-refractivity contribution >= 4 is 6.09 Å². The molecule has 0 aromatic carbocycles. The first-order valence-corrected chi connectivity index (χ1v) is 7.92. The van der Waals surface area contributed by atoms with Crippen molar-refractivity contribution in [3.05, 3.63) is 0 Å². The van der Waals surface area contributed by atoms with Gasteiger partial charge < -0.3 is 25.4 Å². The third-order valence-electron chi connectivity index (χ3n) is 4.13. The number of ether oxygens (including phenoxy) is 1. The molecule has 2 aliphatic rings. The zero-order chi connectivity index (χ0) is 15.5. The molecule has 2 rings (SSSR count). The summed E-state index contributed by atoms with van der Waals surface area (Å²) >= 11 is 0. The number of hydrogen-bond acceptors (Lipinski definition) is 5. The van der Waals surface area contributed by atoms with Gasteiger partial charge >= 0.3 is 6.09 Å². The summed E-state index contributed by atoms with van der Waals surface area (Å²) in [6.07, 6.45) is 2.02. The Bertz CT molecular complexity index is 354. The first kappa shape index (κ1) is 16.5. The molecule has 0 radical (unpaired) electrons. The van der Waals surface area contributed by atoms with Crippen LogP contribution in [0.2, 0.25) is 0 Å². The van der Waals surface area contributed by atoms with Gasteiger partial charge in [0.15, 0.2) is 0 Å². The highest BCUT2D eigenvalue weighted by atomic mass is 16.6. The van der Waals surface area contributed by atoms with Crippen LogP contribution in [0.4, 0.5) is 4.79 Å². The molecule has 0 bridgehead atoms. The molecule has 2 aliphatic heterocycles. The molecule has 6 heteroatoms. The minimum atomic E-state index is -0.707. The quantitative estimate of drug-likeness (QED) is 0.715. The molecular weight excluding hydrogens is 270 g/mol. The number of carbonyl (C=O) groups is 1. The summed E-state index contributed by atoms with van der Waals surface area (Å²) in [5, 5.41) is 17.3. The summed E-state index contributed by atoms with van der Waals surface area (Å²) in [5.41, 5.74) is -1.18. The highest BCUT2D eigenvalue weighted by Gasteiger charge is 2.35. The fourth-order valence-electron chi connectivity index (χ4n) is 2.77. The molecule has 2 saturated heterocycles. The standard InChI is InChI=1S/C15H29N3O3/c1-14(2,3)21-13(19)18-8-5-15(20,6-9-18)11-17-12-4-7-16-10-12/h12,16-17,20H,4-11H2,1-3H3. The number of aliphatic hydroxyl groups is 1. The second-order valence-corrected chi connectivity index (χ2v) is 7.26. The molecule has 2 fully saturated rings. The van der Waals surface area contributed by atoms with E-state index in [-0.39, 0.29) is 6.09 Å². The van der Waals surface area contributed by atoms with E-state index in [1.54, 1.807) is 4.90 Å². The summed E-state index contributed by atoms with van der Waals surface area (Å²) in [4.78, 5) is 13.7. The van der Waals surface area contributed by atoms with Crippen LogP contribution in [-0.2, 0) is 4.74 Å². The second-order valence-electron chi connectivity index (χ2n) is 7.26. The van der Waals surface area contributed by atoms with E-state index in [9.17, 15) is 9.90 Å². The Morgan fingerprint density at radius 3 is 2.62 bits per heavy atom. The first-order chi connectivity index (χ1) is 9.77. The van der Waals surface area contributed by atoms with E-state index >= 15 is 0 Å². The third kappa shape index (κ3) is 5.13. The van der Waals surface area contributed by atoms with Gasteiger partial charge in [-0.25, -0.2) is 4.79 Å². The van der Waals surface area contributed by atoms with Crippen molar-refractivity contribution in [2.24, 2.45) is 0 Å². The molecule has 0 spiro atoms. The van der Waals surface area contributed by atoms with Crippen molar-refractivity contribution in [3.63, 3.8) is 0 Å². The maximum Gasteiger partial charge on any atom is 0.410 e. The minimum Gasteiger partial charge on any atom is -0.444 e. The summed E-state index contributed by atoms with van der Waals surface area (Å²) in [6.45, 7) is 9.32. The van der Waals surface area contributed by atoms with Gasteiger partial charge in [0.1, 0.15) is 5.60 Å². The van der Waals surface area contributed by atoms with Crippen LogP contribution in [0.3, 0.4) is 0 Å². The summed E-state index contributed by atoms with van der Waals surface area (Å²) in [7, 11) is 0. The van der Waals surface area contributed by atoms with Crippen LogP contribution in [0.25, 0.3) is 0 Å². The lowest BCUT2D eigenvalue weighted by Gasteiger charge is -2.39. The van der Waals surface area contributed by atoms with E-state index in [0.29, 0.717) is 38.5 Å². The predicted molar refractivity (Wildman–Crippen MR) is 81.3 cm³/mol. The number of amides is 1. The Kier molecular flexibility index (Phi) is 5.11. The van der Waals surface area contributed by atoms with Gasteiger partial charge in [0.05, 0.1) is 5.60 Å². The van der Waals surface area contributed by atoms with E-state index in [2.05, 4.69) is 10.6 Å². The molecule has 1 amide bonds. The molecule has 122 valence electrons. The average Bonchev–Trinajstić information content (AvgIpc) is 2.88. The van der Waals surface area contributed by atoms with Crippen LogP contribution in [0.1, 0.15) is 40.0 Å². The second kappa shape index (κ2) is 6.50. The Morgan fingerprint density at radius 2 is 2.10 bits per heavy atom. The molecule has 1 atom stereocenters. The van der Waals surface area contributed by atoms with Crippen LogP contribution in [0.5, 0.6) is 0 Å². The van der Waals surface area contributed by atoms with Crippen molar-refractivity contribution in [1.82, 2.24) is 15.5 Å². The summed E-state index contributed by atoms with van der Waals surface area (Å²) < 4.78 is 5.37. The van der Waals surface area contributed by atoms with E-state index in [0.717, 1.165) is 19.5 Å². The van der Waals surface area contributed by atoms with Crippen LogP contribution in [0.15, 0.2) is 0 Å². The lowest BCUT2D eigenvalue weighted by molar-refractivity contribution is -0.0319. The highest BCUT2D eigenvalue weighted by Crippen LogP contribution is 2.23. The van der Waals surface area contributed by atoms with Gasteiger partial charge in [-0.1, -0.05) is 0 Å². The molecule has 0 aromatic heterocycles. The van der Waals surface area contributed by atoms with Crippen LogP contribution >= 0.6 is 0 Å². The van der Waals surface area contributed by atoms with Crippen LogP contribution < -0.4 is 10.6 Å². The number of rotatable bonds is 3. The third-order valence-corrected chi connectivity index (χ3v) is 4.13. The van der Waals surface area contributed by atoms with Crippen molar-refractivity contribution in [3.8, 4) is 0 Å². The van der Waals surface area contributed by atoms with E-state index < -0.39 is 11.2 Å². The topological polar surface area (TPSA) is 73.8 Å². The largest absolute Gasteiger partial charge is 0.444 e. The SMILES string of the molecule is CC(C)(C)OC(=O)N1CCC(O)(CNC2CCNC2)CC1. The maximum absolute atomic E-state index is 12.0. The summed E-state index contributed by atoms with van der Waals surface area (Å²) in [5.74, 6) is 0. The maximum atomic E-state index is 12.0. The molecular formula is C15H29N3O3. The monoisotopic (exact) mass is 299 g/mol. The van der Waals surface area contributed by atoms with E-state index in [1.165, 1.54) is 0 Å². The van der Waals surface area contributed by atoms with E-state index in [4.69, 9.17) is 4.74 Å². The Morgan fingerprint density at radius 1 is 1.43 bits per heavy atom. The molecule has 3 N–H and O–H groups in total. The lowest BCUT2D eigenvalue weighted by atomic mass is 9.91. The number of nitrogens with zero attached hydrogens (tertiary/aromatic N) is 1. The lowest BCUT2D eigenvalue weighted by Crippen LogP contribution is -2.53.